The van der Waals surface area contributed by atoms with E-state index in [0.29, 0.717) is 24.5 Å². The monoisotopic (exact) mass is 280 g/mol. The standard InChI is InChI=1S/C20H24O/c1-17(12-13-18-8-4-2-5-9-18)16-20(21)15-14-19-10-6-3-7-11-19/h2-11,17H,12-16H2,1H3. The van der Waals surface area contributed by atoms with Crippen LogP contribution < -0.4 is 0 Å². The van der Waals surface area contributed by atoms with Crippen molar-refractivity contribution in [1.29, 1.82) is 0 Å². The van der Waals surface area contributed by atoms with Gasteiger partial charge in [-0.15, -0.1) is 0 Å². The van der Waals surface area contributed by atoms with Crippen molar-refractivity contribution in [2.45, 2.75) is 39.0 Å². The van der Waals surface area contributed by atoms with E-state index in [9.17, 15) is 4.79 Å². The average molecular weight is 280 g/mol. The highest BCUT2D eigenvalue weighted by Crippen LogP contribution is 2.15. The zero-order valence-corrected chi connectivity index (χ0v) is 12.8. The molecule has 0 amide bonds. The Hall–Kier alpha value is -1.89. The average Bonchev–Trinajstić information content (AvgIpc) is 2.53. The third-order valence-electron chi connectivity index (χ3n) is 3.88. The molecule has 0 saturated heterocycles. The zero-order valence-electron chi connectivity index (χ0n) is 12.8. The normalized spacial score (nSPS) is 12.0. The summed E-state index contributed by atoms with van der Waals surface area (Å²) < 4.78 is 0. The summed E-state index contributed by atoms with van der Waals surface area (Å²) in [6.45, 7) is 2.18. The van der Waals surface area contributed by atoms with E-state index >= 15 is 0 Å². The summed E-state index contributed by atoms with van der Waals surface area (Å²) in [5, 5.41) is 0. The van der Waals surface area contributed by atoms with Crippen molar-refractivity contribution in [3.63, 3.8) is 0 Å². The number of carbonyl (C=O) groups is 1. The molecular weight excluding hydrogens is 256 g/mol. The Morgan fingerprint density at radius 3 is 1.95 bits per heavy atom. The molecule has 0 heterocycles. The number of ketones is 1. The fourth-order valence-electron chi connectivity index (χ4n) is 2.58. The summed E-state index contributed by atoms with van der Waals surface area (Å²) >= 11 is 0. The van der Waals surface area contributed by atoms with E-state index in [1.807, 2.05) is 24.3 Å². The Labute approximate surface area is 128 Å². The third kappa shape index (κ3) is 5.95. The summed E-state index contributed by atoms with van der Waals surface area (Å²) in [6, 6.07) is 20.8. The van der Waals surface area contributed by atoms with Gasteiger partial charge in [0.1, 0.15) is 5.78 Å². The minimum atomic E-state index is 0.388. The Balaban J connectivity index is 1.67. The van der Waals surface area contributed by atoms with Crippen molar-refractivity contribution < 1.29 is 4.79 Å². The van der Waals surface area contributed by atoms with Crippen LogP contribution in [0.2, 0.25) is 0 Å². The van der Waals surface area contributed by atoms with Crippen LogP contribution in [0.15, 0.2) is 60.7 Å². The fourth-order valence-corrected chi connectivity index (χ4v) is 2.58. The van der Waals surface area contributed by atoms with Gasteiger partial charge in [0.15, 0.2) is 0 Å². The molecule has 0 saturated carbocycles. The van der Waals surface area contributed by atoms with Gasteiger partial charge >= 0.3 is 0 Å². The van der Waals surface area contributed by atoms with Gasteiger partial charge in [0.2, 0.25) is 0 Å². The summed E-state index contributed by atoms with van der Waals surface area (Å²) in [4.78, 5) is 12.0. The predicted octanol–water partition coefficient (Wildman–Crippen LogP) is 4.85. The molecular formula is C20H24O. The number of benzene rings is 2. The molecule has 0 aliphatic carbocycles. The van der Waals surface area contributed by atoms with E-state index in [1.165, 1.54) is 11.1 Å². The van der Waals surface area contributed by atoms with Crippen LogP contribution in [0.25, 0.3) is 0 Å². The van der Waals surface area contributed by atoms with Crippen LogP contribution in [0.1, 0.15) is 37.3 Å². The second-order valence-corrected chi connectivity index (χ2v) is 5.86. The number of carbonyl (C=O) groups excluding carboxylic acids is 1. The number of aryl methyl sites for hydroxylation is 2. The van der Waals surface area contributed by atoms with E-state index in [1.54, 1.807) is 0 Å². The van der Waals surface area contributed by atoms with Crippen LogP contribution in [0.5, 0.6) is 0 Å². The van der Waals surface area contributed by atoms with Crippen LogP contribution in [-0.2, 0) is 17.6 Å². The number of Topliss-reactive ketones (excluding diaryl/α,β-unsaturated/α-hetero) is 1. The van der Waals surface area contributed by atoms with E-state index < -0.39 is 0 Å². The Morgan fingerprint density at radius 2 is 1.38 bits per heavy atom. The topological polar surface area (TPSA) is 17.1 Å². The second-order valence-electron chi connectivity index (χ2n) is 5.86. The summed E-state index contributed by atoms with van der Waals surface area (Å²) in [6.07, 6.45) is 4.39. The smallest absolute Gasteiger partial charge is 0.133 e. The molecule has 0 aliphatic heterocycles. The molecule has 110 valence electrons. The van der Waals surface area contributed by atoms with Gasteiger partial charge in [0.25, 0.3) is 0 Å². The molecule has 0 fully saturated rings. The molecule has 0 spiro atoms. The van der Waals surface area contributed by atoms with E-state index in [0.717, 1.165) is 19.3 Å². The van der Waals surface area contributed by atoms with Crippen LogP contribution in [0, 0.1) is 5.92 Å². The van der Waals surface area contributed by atoms with Crippen LogP contribution in [0.3, 0.4) is 0 Å². The van der Waals surface area contributed by atoms with Crippen molar-refractivity contribution in [3.8, 4) is 0 Å². The quantitative estimate of drug-likeness (QED) is 0.675. The Kier molecular flexibility index (Phi) is 6.21. The first-order valence-electron chi connectivity index (χ1n) is 7.83. The van der Waals surface area contributed by atoms with Crippen molar-refractivity contribution in [2.75, 3.05) is 0 Å². The van der Waals surface area contributed by atoms with E-state index in [4.69, 9.17) is 0 Å². The molecule has 1 heteroatoms. The predicted molar refractivity (Wildman–Crippen MR) is 88.3 cm³/mol. The third-order valence-corrected chi connectivity index (χ3v) is 3.88. The lowest BCUT2D eigenvalue weighted by Crippen LogP contribution is -2.07. The number of hydrogen-bond acceptors (Lipinski definition) is 1. The highest BCUT2D eigenvalue weighted by molar-refractivity contribution is 5.78. The van der Waals surface area contributed by atoms with Gasteiger partial charge in [-0.3, -0.25) is 4.79 Å². The van der Waals surface area contributed by atoms with Crippen molar-refractivity contribution in [1.82, 2.24) is 0 Å². The molecule has 21 heavy (non-hydrogen) atoms. The maximum Gasteiger partial charge on any atom is 0.133 e. The number of rotatable bonds is 8. The molecule has 2 rings (SSSR count). The first-order valence-corrected chi connectivity index (χ1v) is 7.83. The SMILES string of the molecule is CC(CCc1ccccc1)CC(=O)CCc1ccccc1. The summed E-state index contributed by atoms with van der Waals surface area (Å²) in [7, 11) is 0. The van der Waals surface area contributed by atoms with E-state index in [2.05, 4.69) is 43.3 Å². The van der Waals surface area contributed by atoms with Crippen molar-refractivity contribution >= 4 is 5.78 Å². The Morgan fingerprint density at radius 1 is 0.857 bits per heavy atom. The Bertz CT molecular complexity index is 530. The van der Waals surface area contributed by atoms with Gasteiger partial charge in [-0.1, -0.05) is 67.6 Å². The highest BCUT2D eigenvalue weighted by Gasteiger charge is 2.09. The summed E-state index contributed by atoms with van der Waals surface area (Å²) in [5.74, 6) is 0.855. The lowest BCUT2D eigenvalue weighted by atomic mass is 9.94. The summed E-state index contributed by atoms with van der Waals surface area (Å²) in [5.41, 5.74) is 2.61. The van der Waals surface area contributed by atoms with Gasteiger partial charge in [0.05, 0.1) is 0 Å². The van der Waals surface area contributed by atoms with Crippen LogP contribution in [-0.4, -0.2) is 5.78 Å². The maximum absolute atomic E-state index is 12.0. The molecule has 0 N–H and O–H groups in total. The second kappa shape index (κ2) is 8.41. The molecule has 1 unspecified atom stereocenters. The van der Waals surface area contributed by atoms with Gasteiger partial charge in [0, 0.05) is 12.8 Å². The van der Waals surface area contributed by atoms with Crippen LogP contribution in [0.4, 0.5) is 0 Å². The van der Waals surface area contributed by atoms with Gasteiger partial charge < -0.3 is 0 Å². The minimum absolute atomic E-state index is 0.388. The van der Waals surface area contributed by atoms with Gasteiger partial charge in [-0.2, -0.15) is 0 Å². The van der Waals surface area contributed by atoms with Crippen LogP contribution >= 0.6 is 0 Å². The first-order chi connectivity index (χ1) is 10.2. The molecule has 2 aromatic rings. The number of hydrogen-bond donors (Lipinski definition) is 0. The molecule has 2 aromatic carbocycles. The first kappa shape index (κ1) is 15.5. The van der Waals surface area contributed by atoms with E-state index in [-0.39, 0.29) is 0 Å². The van der Waals surface area contributed by atoms with Gasteiger partial charge in [-0.25, -0.2) is 0 Å². The molecule has 0 aliphatic rings. The van der Waals surface area contributed by atoms with Gasteiger partial charge in [-0.05, 0) is 36.3 Å². The molecule has 1 nitrogen and oxygen atoms in total. The molecule has 0 radical (unpaired) electrons. The largest absolute Gasteiger partial charge is 0.300 e. The lowest BCUT2D eigenvalue weighted by Gasteiger charge is -2.10. The fraction of sp³-hybridized carbons (Fsp3) is 0.350. The lowest BCUT2D eigenvalue weighted by molar-refractivity contribution is -0.119. The molecule has 1 atom stereocenters. The molecule has 0 aromatic heterocycles. The highest BCUT2D eigenvalue weighted by atomic mass is 16.1. The van der Waals surface area contributed by atoms with Crippen molar-refractivity contribution in [2.24, 2.45) is 5.92 Å². The molecule has 0 bridgehead atoms. The minimum Gasteiger partial charge on any atom is -0.300 e. The maximum atomic E-state index is 12.0. The van der Waals surface area contributed by atoms with Crippen molar-refractivity contribution in [3.05, 3.63) is 71.8 Å². The zero-order chi connectivity index (χ0) is 14.9.